The molecule has 4 nitrogen and oxygen atoms in total. The van der Waals surface area contributed by atoms with Gasteiger partial charge in [0, 0.05) is 18.8 Å². The molecule has 1 aromatic heterocycles. The Hall–Kier alpha value is -1.85. The van der Waals surface area contributed by atoms with Crippen LogP contribution in [0.5, 0.6) is 0 Å². The molecule has 0 aliphatic rings. The molecule has 0 saturated heterocycles. The zero-order valence-corrected chi connectivity index (χ0v) is 11.5. The van der Waals surface area contributed by atoms with Crippen molar-refractivity contribution in [1.82, 2.24) is 4.90 Å². The Balaban J connectivity index is 2.14. The quantitative estimate of drug-likeness (QED) is 0.824. The van der Waals surface area contributed by atoms with E-state index in [0.29, 0.717) is 12.2 Å². The van der Waals surface area contributed by atoms with E-state index in [1.54, 1.807) is 23.5 Å². The van der Waals surface area contributed by atoms with Gasteiger partial charge in [-0.05, 0) is 41.1 Å². The number of nitrogens with two attached hydrogens (primary N) is 1. The maximum atomic E-state index is 11.2. The number of nitrogens with zero attached hydrogens (tertiary/aromatic N) is 1. The van der Waals surface area contributed by atoms with E-state index in [1.807, 2.05) is 18.5 Å². The first-order valence-electron chi connectivity index (χ1n) is 5.88. The summed E-state index contributed by atoms with van der Waals surface area (Å²) in [7, 11) is 1.96. The van der Waals surface area contributed by atoms with Crippen molar-refractivity contribution in [1.29, 1.82) is 0 Å². The first-order valence-corrected chi connectivity index (χ1v) is 6.82. The molecule has 2 aromatic rings. The Kier molecular flexibility index (Phi) is 4.19. The number of benzene rings is 1. The SMILES string of the molecule is CN(Cc1ccsc1)Cc1cccc(N)c1C(=O)O. The highest BCUT2D eigenvalue weighted by atomic mass is 32.1. The molecule has 0 atom stereocenters. The van der Waals surface area contributed by atoms with Crippen LogP contribution in [-0.2, 0) is 13.1 Å². The topological polar surface area (TPSA) is 66.6 Å². The van der Waals surface area contributed by atoms with E-state index in [4.69, 9.17) is 5.73 Å². The number of anilines is 1. The monoisotopic (exact) mass is 276 g/mol. The zero-order chi connectivity index (χ0) is 13.8. The summed E-state index contributed by atoms with van der Waals surface area (Å²) in [5.41, 5.74) is 8.23. The van der Waals surface area contributed by atoms with Crippen LogP contribution in [0.25, 0.3) is 0 Å². The van der Waals surface area contributed by atoms with Crippen LogP contribution in [0.3, 0.4) is 0 Å². The largest absolute Gasteiger partial charge is 0.478 e. The van der Waals surface area contributed by atoms with Gasteiger partial charge >= 0.3 is 5.97 Å². The molecule has 0 spiro atoms. The van der Waals surface area contributed by atoms with Gasteiger partial charge in [0.1, 0.15) is 0 Å². The van der Waals surface area contributed by atoms with Crippen molar-refractivity contribution < 1.29 is 9.90 Å². The first kappa shape index (κ1) is 13.6. The van der Waals surface area contributed by atoms with Gasteiger partial charge in [0.2, 0.25) is 0 Å². The Bertz CT molecular complexity index is 567. The predicted molar refractivity (Wildman–Crippen MR) is 77.3 cm³/mol. The average molecular weight is 276 g/mol. The molecule has 0 aliphatic heterocycles. The van der Waals surface area contributed by atoms with Gasteiger partial charge in [-0.25, -0.2) is 4.79 Å². The van der Waals surface area contributed by atoms with E-state index in [-0.39, 0.29) is 5.56 Å². The van der Waals surface area contributed by atoms with Crippen LogP contribution in [0, 0.1) is 0 Å². The molecule has 0 bridgehead atoms. The fraction of sp³-hybridized carbons (Fsp3) is 0.214. The second kappa shape index (κ2) is 5.86. The second-order valence-corrected chi connectivity index (χ2v) is 5.27. The molecule has 1 heterocycles. The highest BCUT2D eigenvalue weighted by Crippen LogP contribution is 2.19. The van der Waals surface area contributed by atoms with Crippen LogP contribution in [0.2, 0.25) is 0 Å². The van der Waals surface area contributed by atoms with Gasteiger partial charge in [-0.15, -0.1) is 0 Å². The van der Waals surface area contributed by atoms with Gasteiger partial charge < -0.3 is 10.8 Å². The van der Waals surface area contributed by atoms with Crippen LogP contribution in [0.1, 0.15) is 21.5 Å². The summed E-state index contributed by atoms with van der Waals surface area (Å²) >= 11 is 1.66. The number of aromatic carboxylic acids is 1. The van der Waals surface area contributed by atoms with E-state index in [1.165, 1.54) is 5.56 Å². The van der Waals surface area contributed by atoms with E-state index < -0.39 is 5.97 Å². The highest BCUT2D eigenvalue weighted by Gasteiger charge is 2.14. The highest BCUT2D eigenvalue weighted by molar-refractivity contribution is 7.07. The standard InChI is InChI=1S/C14H16N2O2S/c1-16(7-10-5-6-19-9-10)8-11-3-2-4-12(15)13(11)14(17)18/h2-6,9H,7-8,15H2,1H3,(H,17,18). The number of thiophene rings is 1. The van der Waals surface area contributed by atoms with Crippen molar-refractivity contribution in [3.8, 4) is 0 Å². The second-order valence-electron chi connectivity index (χ2n) is 4.49. The fourth-order valence-corrected chi connectivity index (χ4v) is 2.71. The Morgan fingerprint density at radius 2 is 2.16 bits per heavy atom. The summed E-state index contributed by atoms with van der Waals surface area (Å²) in [4.78, 5) is 13.3. The Morgan fingerprint density at radius 1 is 1.37 bits per heavy atom. The smallest absolute Gasteiger partial charge is 0.338 e. The van der Waals surface area contributed by atoms with Gasteiger partial charge in [0.15, 0.2) is 0 Å². The number of carbonyl (C=O) groups is 1. The number of nitrogen functional groups attached to an aromatic ring is 1. The molecule has 19 heavy (non-hydrogen) atoms. The molecule has 2 rings (SSSR count). The molecule has 0 unspecified atom stereocenters. The number of rotatable bonds is 5. The summed E-state index contributed by atoms with van der Waals surface area (Å²) < 4.78 is 0. The normalized spacial score (nSPS) is 10.8. The van der Waals surface area contributed by atoms with Crippen molar-refractivity contribution >= 4 is 23.0 Å². The van der Waals surface area contributed by atoms with E-state index in [9.17, 15) is 9.90 Å². The number of carboxylic acid groups (broad SMARTS) is 1. The van der Waals surface area contributed by atoms with Crippen molar-refractivity contribution in [2.24, 2.45) is 0 Å². The molecule has 0 aliphatic carbocycles. The Labute approximate surface area is 116 Å². The van der Waals surface area contributed by atoms with Crippen molar-refractivity contribution in [2.45, 2.75) is 13.1 Å². The lowest BCUT2D eigenvalue weighted by atomic mass is 10.0. The van der Waals surface area contributed by atoms with Crippen LogP contribution in [0.4, 0.5) is 5.69 Å². The first-order chi connectivity index (χ1) is 9.08. The molecule has 0 fully saturated rings. The third-order valence-corrected chi connectivity index (χ3v) is 3.60. The molecule has 5 heteroatoms. The van der Waals surface area contributed by atoms with E-state index in [2.05, 4.69) is 16.3 Å². The summed E-state index contributed by atoms with van der Waals surface area (Å²) in [6.07, 6.45) is 0. The van der Waals surface area contributed by atoms with Gasteiger partial charge in [-0.3, -0.25) is 4.90 Å². The van der Waals surface area contributed by atoms with Gasteiger partial charge in [-0.1, -0.05) is 12.1 Å². The third-order valence-electron chi connectivity index (χ3n) is 2.87. The van der Waals surface area contributed by atoms with Crippen LogP contribution >= 0.6 is 11.3 Å². The predicted octanol–water partition coefficient (Wildman–Crippen LogP) is 2.66. The summed E-state index contributed by atoms with van der Waals surface area (Å²) in [6, 6.07) is 7.28. The molecular formula is C14H16N2O2S. The fourth-order valence-electron chi connectivity index (χ4n) is 2.05. The zero-order valence-electron chi connectivity index (χ0n) is 10.7. The summed E-state index contributed by atoms with van der Waals surface area (Å²) in [5, 5.41) is 13.3. The molecule has 1 aromatic carbocycles. The summed E-state index contributed by atoms with van der Waals surface area (Å²) in [5.74, 6) is -0.975. The molecule has 3 N–H and O–H groups in total. The lowest BCUT2D eigenvalue weighted by Gasteiger charge is -2.18. The lowest BCUT2D eigenvalue weighted by Crippen LogP contribution is -2.19. The number of hydrogen-bond donors (Lipinski definition) is 2. The van der Waals surface area contributed by atoms with Crippen LogP contribution < -0.4 is 5.73 Å². The molecule has 0 amide bonds. The lowest BCUT2D eigenvalue weighted by molar-refractivity contribution is 0.0696. The Morgan fingerprint density at radius 3 is 2.79 bits per heavy atom. The molecule has 100 valence electrons. The minimum absolute atomic E-state index is 0.208. The molecular weight excluding hydrogens is 260 g/mol. The summed E-state index contributed by atoms with van der Waals surface area (Å²) in [6.45, 7) is 1.35. The third kappa shape index (κ3) is 3.33. The van der Waals surface area contributed by atoms with Gasteiger partial charge in [-0.2, -0.15) is 11.3 Å². The van der Waals surface area contributed by atoms with Gasteiger partial charge in [0.25, 0.3) is 0 Å². The van der Waals surface area contributed by atoms with Crippen LogP contribution in [-0.4, -0.2) is 23.0 Å². The maximum Gasteiger partial charge on any atom is 0.338 e. The van der Waals surface area contributed by atoms with Crippen LogP contribution in [0.15, 0.2) is 35.0 Å². The van der Waals surface area contributed by atoms with Gasteiger partial charge in [0.05, 0.1) is 5.56 Å². The average Bonchev–Trinajstić information content (AvgIpc) is 2.81. The molecule has 0 saturated carbocycles. The van der Waals surface area contributed by atoms with E-state index >= 15 is 0 Å². The van der Waals surface area contributed by atoms with Crippen molar-refractivity contribution in [3.05, 3.63) is 51.7 Å². The number of carboxylic acids is 1. The minimum atomic E-state index is -0.975. The van der Waals surface area contributed by atoms with Crippen molar-refractivity contribution in [2.75, 3.05) is 12.8 Å². The number of hydrogen-bond acceptors (Lipinski definition) is 4. The van der Waals surface area contributed by atoms with Crippen molar-refractivity contribution in [3.63, 3.8) is 0 Å². The minimum Gasteiger partial charge on any atom is -0.478 e. The maximum absolute atomic E-state index is 11.2. The van der Waals surface area contributed by atoms with E-state index in [0.717, 1.165) is 12.1 Å². The molecule has 0 radical (unpaired) electrons.